The molecule has 1 aliphatic rings. The Balaban J connectivity index is 1.39. The summed E-state index contributed by atoms with van der Waals surface area (Å²) in [5.74, 6) is -0.393. The molecule has 2 amide bonds. The van der Waals surface area contributed by atoms with Crippen molar-refractivity contribution in [3.63, 3.8) is 0 Å². The van der Waals surface area contributed by atoms with Crippen LogP contribution in [0, 0.1) is 0 Å². The van der Waals surface area contributed by atoms with Crippen LogP contribution in [-0.4, -0.2) is 23.3 Å². The van der Waals surface area contributed by atoms with Gasteiger partial charge in [-0.2, -0.15) is 0 Å². The molecule has 0 unspecified atom stereocenters. The van der Waals surface area contributed by atoms with Gasteiger partial charge in [0.1, 0.15) is 0 Å². The molecule has 0 N–H and O–H groups in total. The van der Waals surface area contributed by atoms with E-state index in [1.165, 1.54) is 4.90 Å². The SMILES string of the molecule is O=C1c2ccccc2C(=O)N1CCc1ccc(/C=C/c2ccccc2)cc1. The molecule has 0 saturated heterocycles. The normalized spacial score (nSPS) is 13.4. The minimum atomic E-state index is -0.196. The van der Waals surface area contributed by atoms with E-state index in [0.717, 1.165) is 16.7 Å². The van der Waals surface area contributed by atoms with Gasteiger partial charge in [0.2, 0.25) is 0 Å². The Morgan fingerprint density at radius 1 is 0.630 bits per heavy atom. The lowest BCUT2D eigenvalue weighted by Crippen LogP contribution is -2.31. The molecule has 3 nitrogen and oxygen atoms in total. The monoisotopic (exact) mass is 353 g/mol. The predicted molar refractivity (Wildman–Crippen MR) is 107 cm³/mol. The summed E-state index contributed by atoms with van der Waals surface area (Å²) in [6, 6.07) is 25.3. The van der Waals surface area contributed by atoms with Gasteiger partial charge in [-0.1, -0.05) is 78.9 Å². The Labute approximate surface area is 158 Å². The zero-order chi connectivity index (χ0) is 18.6. The molecule has 0 radical (unpaired) electrons. The molecule has 1 aliphatic heterocycles. The van der Waals surface area contributed by atoms with E-state index < -0.39 is 0 Å². The first-order chi connectivity index (χ1) is 13.2. The van der Waals surface area contributed by atoms with Crippen LogP contribution in [0.15, 0.2) is 78.9 Å². The highest BCUT2D eigenvalue weighted by Gasteiger charge is 2.34. The van der Waals surface area contributed by atoms with Gasteiger partial charge in [0.05, 0.1) is 11.1 Å². The second-order valence-electron chi connectivity index (χ2n) is 6.54. The number of fused-ring (bicyclic) bond motifs is 1. The number of rotatable bonds is 5. The van der Waals surface area contributed by atoms with Gasteiger partial charge in [-0.25, -0.2) is 0 Å². The first-order valence-corrected chi connectivity index (χ1v) is 9.00. The maximum atomic E-state index is 12.4. The van der Waals surface area contributed by atoms with Crippen molar-refractivity contribution in [2.45, 2.75) is 6.42 Å². The molecule has 27 heavy (non-hydrogen) atoms. The van der Waals surface area contributed by atoms with E-state index >= 15 is 0 Å². The van der Waals surface area contributed by atoms with Gasteiger partial charge in [-0.05, 0) is 35.2 Å². The highest BCUT2D eigenvalue weighted by molar-refractivity contribution is 6.21. The van der Waals surface area contributed by atoms with E-state index in [1.54, 1.807) is 24.3 Å². The summed E-state index contributed by atoms with van der Waals surface area (Å²) in [4.78, 5) is 26.1. The highest BCUT2D eigenvalue weighted by Crippen LogP contribution is 2.22. The Morgan fingerprint density at radius 3 is 1.74 bits per heavy atom. The third-order valence-electron chi connectivity index (χ3n) is 4.75. The molecule has 3 heteroatoms. The van der Waals surface area contributed by atoms with E-state index in [4.69, 9.17) is 0 Å². The topological polar surface area (TPSA) is 37.4 Å². The fourth-order valence-electron chi connectivity index (χ4n) is 3.24. The molecule has 0 fully saturated rings. The summed E-state index contributed by atoms with van der Waals surface area (Å²) < 4.78 is 0. The number of hydrogen-bond donors (Lipinski definition) is 0. The molecule has 0 aliphatic carbocycles. The van der Waals surface area contributed by atoms with Crippen molar-refractivity contribution in [1.29, 1.82) is 0 Å². The van der Waals surface area contributed by atoms with Crippen molar-refractivity contribution in [2.24, 2.45) is 0 Å². The van der Waals surface area contributed by atoms with Gasteiger partial charge >= 0.3 is 0 Å². The second-order valence-corrected chi connectivity index (χ2v) is 6.54. The van der Waals surface area contributed by atoms with Crippen LogP contribution in [0.5, 0.6) is 0 Å². The molecule has 0 saturated carbocycles. The molecule has 0 aromatic heterocycles. The molecule has 0 bridgehead atoms. The van der Waals surface area contributed by atoms with Crippen molar-refractivity contribution in [2.75, 3.05) is 6.54 Å². The molecule has 0 spiro atoms. The summed E-state index contributed by atoms with van der Waals surface area (Å²) in [7, 11) is 0. The molecule has 0 atom stereocenters. The molecule has 3 aromatic rings. The lowest BCUT2D eigenvalue weighted by Gasteiger charge is -2.13. The average Bonchev–Trinajstić information content (AvgIpc) is 2.97. The van der Waals surface area contributed by atoms with Crippen LogP contribution in [0.2, 0.25) is 0 Å². The van der Waals surface area contributed by atoms with E-state index in [-0.39, 0.29) is 11.8 Å². The lowest BCUT2D eigenvalue weighted by molar-refractivity contribution is 0.0656. The molecule has 1 heterocycles. The van der Waals surface area contributed by atoms with E-state index in [9.17, 15) is 9.59 Å². The van der Waals surface area contributed by atoms with Crippen molar-refractivity contribution in [1.82, 2.24) is 4.90 Å². The Kier molecular flexibility index (Phi) is 4.67. The molecule has 4 rings (SSSR count). The molecular formula is C24H19NO2. The maximum absolute atomic E-state index is 12.4. The summed E-state index contributed by atoms with van der Waals surface area (Å²) in [5.41, 5.74) is 4.38. The highest BCUT2D eigenvalue weighted by atomic mass is 16.2. The number of imide groups is 1. The van der Waals surface area contributed by atoms with Gasteiger partial charge in [-0.3, -0.25) is 14.5 Å². The summed E-state index contributed by atoms with van der Waals surface area (Å²) in [6.07, 6.45) is 4.80. The average molecular weight is 353 g/mol. The molecule has 3 aromatic carbocycles. The number of nitrogens with zero attached hydrogens (tertiary/aromatic N) is 1. The van der Waals surface area contributed by atoms with Gasteiger partial charge in [-0.15, -0.1) is 0 Å². The van der Waals surface area contributed by atoms with Crippen molar-refractivity contribution in [3.8, 4) is 0 Å². The van der Waals surface area contributed by atoms with Gasteiger partial charge < -0.3 is 0 Å². The fourth-order valence-corrected chi connectivity index (χ4v) is 3.24. The lowest BCUT2D eigenvalue weighted by atomic mass is 10.1. The Hall–Kier alpha value is -3.46. The van der Waals surface area contributed by atoms with Crippen molar-refractivity contribution in [3.05, 3.63) is 107 Å². The summed E-state index contributed by atoms with van der Waals surface area (Å²) in [5, 5.41) is 0. The minimum Gasteiger partial charge on any atom is -0.274 e. The molecule has 132 valence electrons. The van der Waals surface area contributed by atoms with Gasteiger partial charge in [0.25, 0.3) is 11.8 Å². The van der Waals surface area contributed by atoms with Crippen LogP contribution in [0.1, 0.15) is 37.4 Å². The van der Waals surface area contributed by atoms with E-state index in [2.05, 4.69) is 36.4 Å². The van der Waals surface area contributed by atoms with Crippen molar-refractivity contribution < 1.29 is 9.59 Å². The fraction of sp³-hybridized carbons (Fsp3) is 0.0833. The van der Waals surface area contributed by atoms with E-state index in [1.807, 2.05) is 30.3 Å². The second kappa shape index (κ2) is 7.42. The predicted octanol–water partition coefficient (Wildman–Crippen LogP) is 4.70. The van der Waals surface area contributed by atoms with Crippen LogP contribution < -0.4 is 0 Å². The van der Waals surface area contributed by atoms with Gasteiger partial charge in [0.15, 0.2) is 0 Å². The first kappa shape index (κ1) is 17.0. The number of carbonyl (C=O) groups excluding carboxylic acids is 2. The molecular weight excluding hydrogens is 334 g/mol. The number of carbonyl (C=O) groups is 2. The van der Waals surface area contributed by atoms with Gasteiger partial charge in [0, 0.05) is 6.54 Å². The Morgan fingerprint density at radius 2 is 1.15 bits per heavy atom. The zero-order valence-corrected chi connectivity index (χ0v) is 14.8. The minimum absolute atomic E-state index is 0.196. The van der Waals surface area contributed by atoms with Crippen LogP contribution in [0.4, 0.5) is 0 Å². The Bertz CT molecular complexity index is 969. The van der Waals surface area contributed by atoms with Crippen LogP contribution in [0.25, 0.3) is 12.2 Å². The largest absolute Gasteiger partial charge is 0.274 e. The smallest absolute Gasteiger partial charge is 0.261 e. The number of amides is 2. The van der Waals surface area contributed by atoms with Crippen LogP contribution >= 0.6 is 0 Å². The standard InChI is InChI=1S/C24H19NO2/c26-23-21-8-4-5-9-22(21)24(27)25(23)17-16-20-14-12-19(13-15-20)11-10-18-6-2-1-3-7-18/h1-15H,16-17H2/b11-10+. The zero-order valence-electron chi connectivity index (χ0n) is 14.8. The number of benzene rings is 3. The number of hydrogen-bond acceptors (Lipinski definition) is 2. The summed E-state index contributed by atoms with van der Waals surface area (Å²) in [6.45, 7) is 0.394. The first-order valence-electron chi connectivity index (χ1n) is 9.00. The van der Waals surface area contributed by atoms with E-state index in [0.29, 0.717) is 24.1 Å². The third-order valence-corrected chi connectivity index (χ3v) is 4.75. The quantitative estimate of drug-likeness (QED) is 0.493. The maximum Gasteiger partial charge on any atom is 0.261 e. The van der Waals surface area contributed by atoms with Crippen LogP contribution in [-0.2, 0) is 6.42 Å². The van der Waals surface area contributed by atoms with Crippen molar-refractivity contribution >= 4 is 24.0 Å². The third kappa shape index (κ3) is 3.58. The van der Waals surface area contributed by atoms with Crippen LogP contribution in [0.3, 0.4) is 0 Å². The summed E-state index contributed by atoms with van der Waals surface area (Å²) >= 11 is 0.